The van der Waals surface area contributed by atoms with E-state index in [1.165, 1.54) is 11.6 Å². The van der Waals surface area contributed by atoms with Crippen LogP contribution in [0.5, 0.6) is 0 Å². The molecule has 2 aromatic carbocycles. The molecule has 0 bridgehead atoms. The molecule has 4 heterocycles. The third-order valence-electron chi connectivity index (χ3n) is 6.52. The molecule has 1 saturated heterocycles. The van der Waals surface area contributed by atoms with E-state index < -0.39 is 5.82 Å². The summed E-state index contributed by atoms with van der Waals surface area (Å²) in [6.07, 6.45) is 3.79. The van der Waals surface area contributed by atoms with Crippen LogP contribution in [0.15, 0.2) is 85.2 Å². The maximum Gasteiger partial charge on any atom is 0.141 e. The number of ether oxygens (including phenoxy) is 1. The van der Waals surface area contributed by atoms with Gasteiger partial charge in [0.05, 0.1) is 35.3 Å². The number of aromatic nitrogens is 3. The van der Waals surface area contributed by atoms with Crippen LogP contribution in [0.4, 0.5) is 4.39 Å². The largest absolute Gasteiger partial charge is 0.379 e. The van der Waals surface area contributed by atoms with Crippen molar-refractivity contribution in [3.8, 4) is 33.8 Å². The first-order chi connectivity index (χ1) is 17.7. The highest BCUT2D eigenvalue weighted by atomic mass is 35.5. The molecule has 36 heavy (non-hydrogen) atoms. The van der Waals surface area contributed by atoms with Crippen LogP contribution in [-0.4, -0.2) is 45.6 Å². The number of hydrogen-bond acceptors (Lipinski definition) is 4. The van der Waals surface area contributed by atoms with Gasteiger partial charge in [-0.2, -0.15) is 0 Å². The molecule has 0 amide bonds. The van der Waals surface area contributed by atoms with Gasteiger partial charge in [0.2, 0.25) is 0 Å². The number of pyridine rings is 2. The highest BCUT2D eigenvalue weighted by molar-refractivity contribution is 6.31. The number of hydrogen-bond donors (Lipinski definition) is 0. The molecule has 0 spiro atoms. The number of benzene rings is 2. The number of morpholine rings is 1. The molecule has 6 rings (SSSR count). The third-order valence-corrected chi connectivity index (χ3v) is 6.81. The summed E-state index contributed by atoms with van der Waals surface area (Å²) in [5, 5.41) is 0.0723. The lowest BCUT2D eigenvalue weighted by atomic mass is 10.0. The van der Waals surface area contributed by atoms with Gasteiger partial charge in [0.15, 0.2) is 0 Å². The molecule has 7 heteroatoms. The zero-order valence-corrected chi connectivity index (χ0v) is 20.3. The number of fused-ring (bicyclic) bond motifs is 1. The van der Waals surface area contributed by atoms with Crippen LogP contribution in [-0.2, 0) is 11.3 Å². The van der Waals surface area contributed by atoms with Crippen LogP contribution in [0.2, 0.25) is 5.02 Å². The predicted octanol–water partition coefficient (Wildman–Crippen LogP) is 6.36. The fourth-order valence-corrected chi connectivity index (χ4v) is 4.83. The molecule has 0 N–H and O–H groups in total. The van der Waals surface area contributed by atoms with E-state index in [2.05, 4.69) is 40.2 Å². The Balaban J connectivity index is 1.37. The van der Waals surface area contributed by atoms with Crippen molar-refractivity contribution < 1.29 is 9.13 Å². The molecule has 1 fully saturated rings. The smallest absolute Gasteiger partial charge is 0.141 e. The molecule has 5 nitrogen and oxygen atoms in total. The number of nitrogens with zero attached hydrogens (tertiary/aromatic N) is 4. The summed E-state index contributed by atoms with van der Waals surface area (Å²) in [5.41, 5.74) is 7.35. The molecule has 0 aliphatic carbocycles. The molecule has 0 atom stereocenters. The standard InChI is InChI=1S/C29H24ClFN4O/c30-24-17-22(8-9-25(24)31)28-29(35-12-2-1-3-27(35)33-28)23-10-11-32-26(18-23)21-6-4-20(5-7-21)19-34-13-15-36-16-14-34/h1-12,17-18H,13-16,19H2. The Hall–Kier alpha value is -3.58. The maximum absolute atomic E-state index is 13.9. The van der Waals surface area contributed by atoms with Gasteiger partial charge in [-0.05, 0) is 48.0 Å². The Morgan fingerprint density at radius 1 is 0.889 bits per heavy atom. The quantitative estimate of drug-likeness (QED) is 0.283. The van der Waals surface area contributed by atoms with E-state index in [1.54, 1.807) is 12.1 Å². The number of halogens is 2. The molecule has 3 aromatic heterocycles. The van der Waals surface area contributed by atoms with Gasteiger partial charge in [0.1, 0.15) is 11.5 Å². The van der Waals surface area contributed by atoms with Crippen molar-refractivity contribution in [3.05, 3.63) is 102 Å². The molecule has 0 unspecified atom stereocenters. The van der Waals surface area contributed by atoms with Gasteiger partial charge in [-0.3, -0.25) is 14.3 Å². The minimum absolute atomic E-state index is 0.0723. The van der Waals surface area contributed by atoms with E-state index in [1.807, 2.05) is 41.1 Å². The Morgan fingerprint density at radius 3 is 2.50 bits per heavy atom. The molecule has 5 aromatic rings. The second-order valence-electron chi connectivity index (χ2n) is 8.88. The second kappa shape index (κ2) is 9.82. The average Bonchev–Trinajstić information content (AvgIpc) is 3.31. The summed E-state index contributed by atoms with van der Waals surface area (Å²) in [6, 6.07) is 23.2. The minimum atomic E-state index is -0.450. The van der Waals surface area contributed by atoms with Crippen LogP contribution < -0.4 is 0 Å². The van der Waals surface area contributed by atoms with E-state index in [-0.39, 0.29) is 5.02 Å². The van der Waals surface area contributed by atoms with Crippen molar-refractivity contribution >= 4 is 17.2 Å². The minimum Gasteiger partial charge on any atom is -0.379 e. The van der Waals surface area contributed by atoms with Crippen molar-refractivity contribution in [2.24, 2.45) is 0 Å². The highest BCUT2D eigenvalue weighted by Crippen LogP contribution is 2.35. The monoisotopic (exact) mass is 498 g/mol. The van der Waals surface area contributed by atoms with Crippen molar-refractivity contribution in [2.45, 2.75) is 6.54 Å². The van der Waals surface area contributed by atoms with E-state index >= 15 is 0 Å². The van der Waals surface area contributed by atoms with Gasteiger partial charge in [0.25, 0.3) is 0 Å². The Bertz CT molecular complexity index is 1530. The summed E-state index contributed by atoms with van der Waals surface area (Å²) in [4.78, 5) is 11.9. The summed E-state index contributed by atoms with van der Waals surface area (Å²) in [5.74, 6) is -0.450. The van der Waals surface area contributed by atoms with Crippen molar-refractivity contribution in [3.63, 3.8) is 0 Å². The number of imidazole rings is 1. The van der Waals surface area contributed by atoms with Crippen LogP contribution >= 0.6 is 11.6 Å². The normalized spacial score (nSPS) is 14.4. The van der Waals surface area contributed by atoms with Gasteiger partial charge in [-0.25, -0.2) is 9.37 Å². The van der Waals surface area contributed by atoms with Gasteiger partial charge in [-0.1, -0.05) is 41.9 Å². The van der Waals surface area contributed by atoms with Crippen LogP contribution in [0.1, 0.15) is 5.56 Å². The maximum atomic E-state index is 13.9. The molecule has 0 radical (unpaired) electrons. The fourth-order valence-electron chi connectivity index (χ4n) is 4.65. The van der Waals surface area contributed by atoms with E-state index in [4.69, 9.17) is 21.3 Å². The molecule has 1 aliphatic rings. The van der Waals surface area contributed by atoms with Gasteiger partial charge >= 0.3 is 0 Å². The Kier molecular flexibility index (Phi) is 6.23. The third kappa shape index (κ3) is 4.51. The lowest BCUT2D eigenvalue weighted by Crippen LogP contribution is -2.35. The summed E-state index contributed by atoms with van der Waals surface area (Å²) in [6.45, 7) is 4.44. The van der Waals surface area contributed by atoms with Crippen molar-refractivity contribution in [1.82, 2.24) is 19.3 Å². The first-order valence-electron chi connectivity index (χ1n) is 11.9. The summed E-state index contributed by atoms with van der Waals surface area (Å²) in [7, 11) is 0. The summed E-state index contributed by atoms with van der Waals surface area (Å²) < 4.78 is 21.4. The first-order valence-corrected chi connectivity index (χ1v) is 12.3. The fraction of sp³-hybridized carbons (Fsp3) is 0.172. The summed E-state index contributed by atoms with van der Waals surface area (Å²) >= 11 is 6.11. The van der Waals surface area contributed by atoms with Gasteiger partial charge < -0.3 is 4.74 Å². The van der Waals surface area contributed by atoms with E-state index in [0.29, 0.717) is 0 Å². The van der Waals surface area contributed by atoms with Crippen LogP contribution in [0.25, 0.3) is 39.4 Å². The Labute approximate surface area is 213 Å². The predicted molar refractivity (Wildman–Crippen MR) is 140 cm³/mol. The van der Waals surface area contributed by atoms with Crippen LogP contribution in [0, 0.1) is 5.82 Å². The van der Waals surface area contributed by atoms with E-state index in [0.717, 1.165) is 72.3 Å². The zero-order valence-electron chi connectivity index (χ0n) is 19.6. The first kappa shape index (κ1) is 22.9. The zero-order chi connectivity index (χ0) is 24.5. The SMILES string of the molecule is Fc1ccc(-c2nc3ccccn3c2-c2ccnc(-c3ccc(CN4CCOCC4)cc3)c2)cc1Cl. The van der Waals surface area contributed by atoms with Crippen molar-refractivity contribution in [2.75, 3.05) is 26.3 Å². The molecular formula is C29H24ClFN4O. The molecule has 0 saturated carbocycles. The molecule has 180 valence electrons. The highest BCUT2D eigenvalue weighted by Gasteiger charge is 2.18. The lowest BCUT2D eigenvalue weighted by Gasteiger charge is -2.26. The average molecular weight is 499 g/mol. The topological polar surface area (TPSA) is 42.7 Å². The Morgan fingerprint density at radius 2 is 1.69 bits per heavy atom. The number of rotatable bonds is 5. The molecular weight excluding hydrogens is 475 g/mol. The van der Waals surface area contributed by atoms with Crippen molar-refractivity contribution in [1.29, 1.82) is 0 Å². The lowest BCUT2D eigenvalue weighted by molar-refractivity contribution is 0.0342. The second-order valence-corrected chi connectivity index (χ2v) is 9.29. The van der Waals surface area contributed by atoms with Crippen LogP contribution in [0.3, 0.4) is 0 Å². The van der Waals surface area contributed by atoms with Gasteiger partial charge in [0, 0.05) is 48.7 Å². The van der Waals surface area contributed by atoms with E-state index in [9.17, 15) is 4.39 Å². The molecule has 1 aliphatic heterocycles. The van der Waals surface area contributed by atoms with Gasteiger partial charge in [-0.15, -0.1) is 0 Å².